The highest BCUT2D eigenvalue weighted by molar-refractivity contribution is 6.25. The van der Waals surface area contributed by atoms with E-state index in [1.54, 1.807) is 0 Å². The summed E-state index contributed by atoms with van der Waals surface area (Å²) in [6.45, 7) is 4.32. The highest BCUT2D eigenvalue weighted by Gasteiger charge is 2.24. The Morgan fingerprint density at radius 2 is 0.623 bits per heavy atom. The van der Waals surface area contributed by atoms with Gasteiger partial charge in [-0.15, -0.1) is 0 Å². The number of furan rings is 1. The van der Waals surface area contributed by atoms with Gasteiger partial charge in [-0.2, -0.15) is 0 Å². The highest BCUT2D eigenvalue weighted by Crippen LogP contribution is 2.49. The minimum absolute atomic E-state index is 0.882. The van der Waals surface area contributed by atoms with Crippen LogP contribution in [0.2, 0.25) is 0 Å². The molecule has 290 valence electrons. The van der Waals surface area contributed by atoms with E-state index in [1.165, 1.54) is 33.4 Å². The molecule has 1 heterocycles. The number of aryl methyl sites for hydroxylation is 2. The summed E-state index contributed by atoms with van der Waals surface area (Å²) < 4.78 is 7.13. The van der Waals surface area contributed by atoms with Crippen molar-refractivity contribution in [1.82, 2.24) is 0 Å². The maximum absolute atomic E-state index is 7.13. The summed E-state index contributed by atoms with van der Waals surface area (Å²) in [7, 11) is 0. The molecule has 11 rings (SSSR count). The van der Waals surface area contributed by atoms with Gasteiger partial charge >= 0.3 is 0 Å². The lowest BCUT2D eigenvalue weighted by Crippen LogP contribution is -2.11. The minimum Gasteiger partial charge on any atom is -0.455 e. The Balaban J connectivity index is 1.20. The molecule has 0 unspecified atom stereocenters. The van der Waals surface area contributed by atoms with Crippen LogP contribution in [0.1, 0.15) is 11.1 Å². The molecule has 0 radical (unpaired) electrons. The van der Waals surface area contributed by atoms with Gasteiger partial charge in [0.05, 0.1) is 11.4 Å². The van der Waals surface area contributed by atoms with Crippen LogP contribution in [0.15, 0.2) is 223 Å². The number of rotatable bonds is 8. The van der Waals surface area contributed by atoms with E-state index in [1.807, 2.05) is 0 Å². The Labute approximate surface area is 356 Å². The summed E-state index contributed by atoms with van der Waals surface area (Å²) in [6.07, 6.45) is 0. The standard InChI is InChI=1S/C58H42N2O/c1-39-17-13-25-45(33-39)59(47-27-15-23-43(35-47)41-19-5-3-6-20-41)55-37-53-54-38-56(50-30-10-12-32-52(50)58(54)61-57(53)51-31-11-9-29-49(51)55)60(46-26-14-18-40(2)34-46)48-28-16-24-44(36-48)42-21-7-4-8-22-42/h3-38H,1-2H3. The van der Waals surface area contributed by atoms with Gasteiger partial charge in [-0.05, 0) is 108 Å². The first-order valence-electron chi connectivity index (χ1n) is 20.9. The Morgan fingerprint density at radius 1 is 0.279 bits per heavy atom. The van der Waals surface area contributed by atoms with Gasteiger partial charge in [0, 0.05) is 55.1 Å². The van der Waals surface area contributed by atoms with Gasteiger partial charge in [-0.25, -0.2) is 0 Å². The van der Waals surface area contributed by atoms with Crippen LogP contribution in [0.5, 0.6) is 0 Å². The van der Waals surface area contributed by atoms with Crippen molar-refractivity contribution < 1.29 is 4.42 Å². The summed E-state index contributed by atoms with van der Waals surface area (Å²) in [6, 6.07) is 78.7. The molecule has 0 saturated heterocycles. The fraction of sp³-hybridized carbons (Fsp3) is 0.0345. The van der Waals surface area contributed by atoms with Gasteiger partial charge in [0.2, 0.25) is 0 Å². The maximum atomic E-state index is 7.13. The minimum atomic E-state index is 0.882. The molecule has 1 aromatic heterocycles. The summed E-state index contributed by atoms with van der Waals surface area (Å²) in [5, 5.41) is 6.50. The first-order chi connectivity index (χ1) is 30.1. The fourth-order valence-electron chi connectivity index (χ4n) is 9.05. The van der Waals surface area contributed by atoms with E-state index in [4.69, 9.17) is 4.42 Å². The molecule has 0 aliphatic carbocycles. The third-order valence-electron chi connectivity index (χ3n) is 11.9. The van der Waals surface area contributed by atoms with Crippen LogP contribution in [0.4, 0.5) is 34.1 Å². The predicted molar refractivity (Wildman–Crippen MR) is 258 cm³/mol. The average molecular weight is 783 g/mol. The van der Waals surface area contributed by atoms with Crippen molar-refractivity contribution in [3.8, 4) is 22.3 Å². The molecule has 0 amide bonds. The molecular formula is C58H42N2O. The van der Waals surface area contributed by atoms with Crippen LogP contribution in [-0.2, 0) is 0 Å². The average Bonchev–Trinajstić information content (AvgIpc) is 3.69. The Kier molecular flexibility index (Phi) is 8.94. The van der Waals surface area contributed by atoms with Crippen molar-refractivity contribution in [1.29, 1.82) is 0 Å². The van der Waals surface area contributed by atoms with E-state index in [2.05, 4.69) is 242 Å². The zero-order valence-corrected chi connectivity index (χ0v) is 34.1. The van der Waals surface area contributed by atoms with Gasteiger partial charge in [-0.3, -0.25) is 0 Å². The first-order valence-corrected chi connectivity index (χ1v) is 20.9. The monoisotopic (exact) mass is 782 g/mol. The quantitative estimate of drug-likeness (QED) is 0.153. The molecule has 0 bridgehead atoms. The van der Waals surface area contributed by atoms with Crippen LogP contribution in [-0.4, -0.2) is 0 Å². The Hall–Kier alpha value is -7.88. The van der Waals surface area contributed by atoms with Gasteiger partial charge in [0.25, 0.3) is 0 Å². The lowest BCUT2D eigenvalue weighted by molar-refractivity contribution is 0.676. The van der Waals surface area contributed by atoms with E-state index in [9.17, 15) is 0 Å². The molecule has 0 aliphatic heterocycles. The fourth-order valence-corrected chi connectivity index (χ4v) is 9.05. The molecule has 0 fully saturated rings. The van der Waals surface area contributed by atoms with Crippen LogP contribution in [0.25, 0.3) is 65.7 Å². The molecule has 0 atom stereocenters. The number of hydrogen-bond donors (Lipinski definition) is 0. The third-order valence-corrected chi connectivity index (χ3v) is 11.9. The van der Waals surface area contributed by atoms with Crippen molar-refractivity contribution in [2.24, 2.45) is 0 Å². The second-order valence-electron chi connectivity index (χ2n) is 15.9. The molecule has 0 N–H and O–H groups in total. The van der Waals surface area contributed by atoms with Crippen LogP contribution in [0, 0.1) is 13.8 Å². The van der Waals surface area contributed by atoms with E-state index >= 15 is 0 Å². The number of benzene rings is 10. The van der Waals surface area contributed by atoms with Crippen LogP contribution in [0.3, 0.4) is 0 Å². The van der Waals surface area contributed by atoms with Gasteiger partial charge < -0.3 is 14.2 Å². The molecule has 3 heteroatoms. The number of hydrogen-bond acceptors (Lipinski definition) is 3. The number of nitrogens with zero attached hydrogens (tertiary/aromatic N) is 2. The number of anilines is 6. The van der Waals surface area contributed by atoms with E-state index < -0.39 is 0 Å². The zero-order chi connectivity index (χ0) is 40.9. The van der Waals surface area contributed by atoms with Gasteiger partial charge in [-0.1, -0.05) is 158 Å². The highest BCUT2D eigenvalue weighted by atomic mass is 16.3. The summed E-state index contributed by atoms with van der Waals surface area (Å²) in [4.78, 5) is 4.83. The topological polar surface area (TPSA) is 19.6 Å². The Bertz CT molecular complexity index is 3180. The molecular weight excluding hydrogens is 741 g/mol. The summed E-state index contributed by atoms with van der Waals surface area (Å²) in [5.74, 6) is 0. The lowest BCUT2D eigenvalue weighted by Gasteiger charge is -2.28. The molecule has 11 aromatic rings. The Morgan fingerprint density at radius 3 is 1.03 bits per heavy atom. The van der Waals surface area contributed by atoms with E-state index in [0.717, 1.165) is 77.6 Å². The van der Waals surface area contributed by atoms with Crippen molar-refractivity contribution in [2.45, 2.75) is 13.8 Å². The molecule has 10 aromatic carbocycles. The molecule has 61 heavy (non-hydrogen) atoms. The van der Waals surface area contributed by atoms with Crippen molar-refractivity contribution >= 4 is 77.6 Å². The third kappa shape index (κ3) is 6.48. The molecule has 0 saturated carbocycles. The van der Waals surface area contributed by atoms with Crippen molar-refractivity contribution in [2.75, 3.05) is 9.80 Å². The maximum Gasteiger partial charge on any atom is 0.143 e. The normalized spacial score (nSPS) is 11.4. The number of fused-ring (bicyclic) bond motifs is 7. The SMILES string of the molecule is Cc1cccc(N(c2cccc(-c3ccccc3)c2)c2cc3c4cc(N(c5cccc(C)c5)c5cccc(-c6ccccc6)c5)c5ccccc5c4oc3c3ccccc23)c1. The van der Waals surface area contributed by atoms with Crippen LogP contribution >= 0.6 is 0 Å². The van der Waals surface area contributed by atoms with Crippen LogP contribution < -0.4 is 9.80 Å². The van der Waals surface area contributed by atoms with Crippen molar-refractivity contribution in [3.63, 3.8) is 0 Å². The lowest BCUT2D eigenvalue weighted by atomic mass is 9.98. The van der Waals surface area contributed by atoms with E-state index in [0.29, 0.717) is 0 Å². The summed E-state index contributed by atoms with van der Waals surface area (Å²) in [5.41, 5.74) is 15.4. The largest absolute Gasteiger partial charge is 0.455 e. The van der Waals surface area contributed by atoms with E-state index in [-0.39, 0.29) is 0 Å². The van der Waals surface area contributed by atoms with Gasteiger partial charge in [0.1, 0.15) is 11.2 Å². The summed E-state index contributed by atoms with van der Waals surface area (Å²) >= 11 is 0. The molecule has 0 spiro atoms. The molecule has 3 nitrogen and oxygen atoms in total. The van der Waals surface area contributed by atoms with Crippen molar-refractivity contribution in [3.05, 3.63) is 230 Å². The second-order valence-corrected chi connectivity index (χ2v) is 15.9. The molecule has 0 aliphatic rings. The zero-order valence-electron chi connectivity index (χ0n) is 34.1. The smallest absolute Gasteiger partial charge is 0.143 e. The van der Waals surface area contributed by atoms with Gasteiger partial charge in [0.15, 0.2) is 0 Å². The first kappa shape index (κ1) is 36.2. The second kappa shape index (κ2) is 15.1. The predicted octanol–water partition coefficient (Wildman–Crippen LogP) is 16.8.